The highest BCUT2D eigenvalue weighted by Crippen LogP contribution is 2.40. The molecule has 0 N–H and O–H groups in total. The normalized spacial score (nSPS) is 11.3. The van der Waals surface area contributed by atoms with Gasteiger partial charge in [-0.1, -0.05) is 164 Å². The van der Waals surface area contributed by atoms with E-state index in [0.717, 1.165) is 61.1 Å². The summed E-state index contributed by atoms with van der Waals surface area (Å²) >= 11 is 0. The molecule has 0 unspecified atom stereocenters. The molecule has 0 bridgehead atoms. The maximum Gasteiger partial charge on any atom is 0.160 e. The molecule has 0 fully saturated rings. The molecule has 2 heterocycles. The summed E-state index contributed by atoms with van der Waals surface area (Å²) in [6.45, 7) is 0. The molecule has 8 aromatic carbocycles. The lowest BCUT2D eigenvalue weighted by molar-refractivity contribution is 0.669. The molecular weight excluding hydrogens is 669 g/mol. The average Bonchev–Trinajstić information content (AvgIpc) is 3.66. The Morgan fingerprint density at radius 3 is 1.35 bits per heavy atom. The first-order valence-corrected chi connectivity index (χ1v) is 18.6. The lowest BCUT2D eigenvalue weighted by Gasteiger charge is -2.12. The van der Waals surface area contributed by atoms with Gasteiger partial charge in [0.15, 0.2) is 5.82 Å². The first-order valence-electron chi connectivity index (χ1n) is 18.6. The minimum atomic E-state index is 0.688. The molecule has 0 aliphatic carbocycles. The van der Waals surface area contributed by atoms with Crippen molar-refractivity contribution < 1.29 is 4.42 Å². The molecule has 0 amide bonds. The highest BCUT2D eigenvalue weighted by molar-refractivity contribution is 6.13. The van der Waals surface area contributed by atoms with Crippen molar-refractivity contribution in [3.05, 3.63) is 206 Å². The number of hydrogen-bond acceptors (Lipinski definition) is 3. The molecule has 0 saturated heterocycles. The average molecular weight is 703 g/mol. The Kier molecular flexibility index (Phi) is 8.16. The van der Waals surface area contributed by atoms with Crippen LogP contribution in [0.25, 0.3) is 100 Å². The van der Waals surface area contributed by atoms with Crippen molar-refractivity contribution in [2.24, 2.45) is 0 Å². The second-order valence-electron chi connectivity index (χ2n) is 13.8. The highest BCUT2D eigenvalue weighted by atomic mass is 16.3. The Morgan fingerprint density at radius 2 is 0.764 bits per heavy atom. The van der Waals surface area contributed by atoms with Crippen LogP contribution in [0.3, 0.4) is 0 Å². The van der Waals surface area contributed by atoms with Gasteiger partial charge in [0.25, 0.3) is 0 Å². The van der Waals surface area contributed by atoms with Crippen LogP contribution >= 0.6 is 0 Å². The standard InChI is InChI=1S/C52H34N2O/c1-5-14-35(15-6-1)42-30-43(36-16-7-2-8-17-36)32-44(31-42)38-26-24-37(25-27-38)41-28-29-49-46(33-41)51-45(22-13-23-50(51)55-49)48-34-47(39-18-9-3-10-19-39)53-52(54-48)40-20-11-4-12-21-40/h1-34H. The van der Waals surface area contributed by atoms with Crippen molar-refractivity contribution in [1.29, 1.82) is 0 Å². The number of furan rings is 1. The van der Waals surface area contributed by atoms with Crippen LogP contribution in [0.5, 0.6) is 0 Å². The van der Waals surface area contributed by atoms with Crippen molar-refractivity contribution in [3.63, 3.8) is 0 Å². The topological polar surface area (TPSA) is 38.9 Å². The van der Waals surface area contributed by atoms with Crippen LogP contribution in [-0.2, 0) is 0 Å². The fourth-order valence-corrected chi connectivity index (χ4v) is 7.52. The summed E-state index contributed by atoms with van der Waals surface area (Å²) in [5, 5.41) is 2.09. The summed E-state index contributed by atoms with van der Waals surface area (Å²) in [4.78, 5) is 10.2. The Bertz CT molecular complexity index is 2820. The number of benzene rings is 8. The van der Waals surface area contributed by atoms with Crippen molar-refractivity contribution in [2.75, 3.05) is 0 Å². The smallest absolute Gasteiger partial charge is 0.160 e. The predicted molar refractivity (Wildman–Crippen MR) is 227 cm³/mol. The third-order valence-electron chi connectivity index (χ3n) is 10.3. The van der Waals surface area contributed by atoms with Crippen LogP contribution in [0.1, 0.15) is 0 Å². The van der Waals surface area contributed by atoms with Crippen LogP contribution in [0.2, 0.25) is 0 Å². The first kappa shape index (κ1) is 32.3. The van der Waals surface area contributed by atoms with E-state index in [2.05, 4.69) is 158 Å². The Hall–Kier alpha value is -7.36. The molecule has 0 aliphatic rings. The number of aromatic nitrogens is 2. The van der Waals surface area contributed by atoms with Gasteiger partial charge in [-0.25, -0.2) is 9.97 Å². The molecular formula is C52H34N2O. The van der Waals surface area contributed by atoms with Gasteiger partial charge in [0.2, 0.25) is 0 Å². The second kappa shape index (κ2) is 13.9. The van der Waals surface area contributed by atoms with E-state index in [1.165, 1.54) is 33.4 Å². The largest absolute Gasteiger partial charge is 0.456 e. The molecule has 0 spiro atoms. The molecule has 0 saturated carbocycles. The van der Waals surface area contributed by atoms with Gasteiger partial charge in [-0.15, -0.1) is 0 Å². The van der Waals surface area contributed by atoms with Crippen LogP contribution < -0.4 is 0 Å². The van der Waals surface area contributed by atoms with E-state index >= 15 is 0 Å². The number of nitrogens with zero attached hydrogens (tertiary/aromatic N) is 2. The summed E-state index contributed by atoms with van der Waals surface area (Å²) in [6, 6.07) is 72.3. The van der Waals surface area contributed by atoms with Crippen LogP contribution in [0.15, 0.2) is 211 Å². The molecule has 258 valence electrons. The summed E-state index contributed by atoms with van der Waals surface area (Å²) in [5.41, 5.74) is 15.8. The van der Waals surface area contributed by atoms with Crippen molar-refractivity contribution >= 4 is 21.9 Å². The van der Waals surface area contributed by atoms with E-state index in [9.17, 15) is 0 Å². The Balaban J connectivity index is 1.06. The zero-order valence-corrected chi connectivity index (χ0v) is 29.9. The molecule has 0 atom stereocenters. The summed E-state index contributed by atoms with van der Waals surface area (Å²) in [7, 11) is 0. The summed E-state index contributed by atoms with van der Waals surface area (Å²) in [5.74, 6) is 0.688. The predicted octanol–water partition coefficient (Wildman–Crippen LogP) is 14.0. The zero-order chi connectivity index (χ0) is 36.6. The van der Waals surface area contributed by atoms with E-state index in [4.69, 9.17) is 14.4 Å². The van der Waals surface area contributed by atoms with Gasteiger partial charge >= 0.3 is 0 Å². The van der Waals surface area contributed by atoms with Gasteiger partial charge < -0.3 is 4.42 Å². The molecule has 10 rings (SSSR count). The molecule has 3 nitrogen and oxygen atoms in total. The van der Waals surface area contributed by atoms with E-state index in [1.807, 2.05) is 48.5 Å². The van der Waals surface area contributed by atoms with Crippen LogP contribution in [-0.4, -0.2) is 9.97 Å². The van der Waals surface area contributed by atoms with Gasteiger partial charge in [0, 0.05) is 27.5 Å². The minimum Gasteiger partial charge on any atom is -0.456 e. The maximum absolute atomic E-state index is 6.46. The van der Waals surface area contributed by atoms with Crippen molar-refractivity contribution in [1.82, 2.24) is 9.97 Å². The molecule has 0 radical (unpaired) electrons. The summed E-state index contributed by atoms with van der Waals surface area (Å²) in [6.07, 6.45) is 0. The molecule has 2 aromatic heterocycles. The third kappa shape index (κ3) is 6.28. The quantitative estimate of drug-likeness (QED) is 0.166. The monoisotopic (exact) mass is 702 g/mol. The molecule has 0 aliphatic heterocycles. The number of rotatable bonds is 7. The first-order chi connectivity index (χ1) is 27.2. The van der Waals surface area contributed by atoms with Gasteiger partial charge in [-0.3, -0.25) is 0 Å². The van der Waals surface area contributed by atoms with Crippen LogP contribution in [0.4, 0.5) is 0 Å². The van der Waals surface area contributed by atoms with E-state index < -0.39 is 0 Å². The Morgan fingerprint density at radius 1 is 0.291 bits per heavy atom. The molecule has 10 aromatic rings. The fraction of sp³-hybridized carbons (Fsp3) is 0. The highest BCUT2D eigenvalue weighted by Gasteiger charge is 2.17. The lowest BCUT2D eigenvalue weighted by atomic mass is 9.92. The zero-order valence-electron chi connectivity index (χ0n) is 29.9. The van der Waals surface area contributed by atoms with Crippen LogP contribution in [0, 0.1) is 0 Å². The van der Waals surface area contributed by atoms with Gasteiger partial charge in [-0.2, -0.15) is 0 Å². The van der Waals surface area contributed by atoms with Crippen molar-refractivity contribution in [2.45, 2.75) is 0 Å². The maximum atomic E-state index is 6.46. The molecule has 3 heteroatoms. The number of fused-ring (bicyclic) bond motifs is 3. The van der Waals surface area contributed by atoms with E-state index in [-0.39, 0.29) is 0 Å². The second-order valence-corrected chi connectivity index (χ2v) is 13.8. The van der Waals surface area contributed by atoms with Gasteiger partial charge in [0.1, 0.15) is 11.2 Å². The molecule has 55 heavy (non-hydrogen) atoms. The van der Waals surface area contributed by atoms with E-state index in [1.54, 1.807) is 0 Å². The van der Waals surface area contributed by atoms with Gasteiger partial charge in [0.05, 0.1) is 11.4 Å². The third-order valence-corrected chi connectivity index (χ3v) is 10.3. The SMILES string of the molecule is c1ccc(-c2cc(-c3ccccc3)cc(-c3ccc(-c4ccc5oc6cccc(-c7cc(-c8ccccc8)nc(-c8ccccc8)n7)c6c5c4)cc3)c2)cc1. The number of hydrogen-bond donors (Lipinski definition) is 0. The van der Waals surface area contributed by atoms with Gasteiger partial charge in [-0.05, 0) is 87.0 Å². The van der Waals surface area contributed by atoms with E-state index in [0.29, 0.717) is 5.82 Å². The Labute approximate surface area is 319 Å². The lowest BCUT2D eigenvalue weighted by Crippen LogP contribution is -1.96. The van der Waals surface area contributed by atoms with Crippen molar-refractivity contribution in [3.8, 4) is 78.4 Å². The summed E-state index contributed by atoms with van der Waals surface area (Å²) < 4.78 is 6.46. The minimum absolute atomic E-state index is 0.688. The fourth-order valence-electron chi connectivity index (χ4n) is 7.52.